The van der Waals surface area contributed by atoms with Crippen molar-refractivity contribution in [1.82, 2.24) is 9.55 Å². The van der Waals surface area contributed by atoms with Crippen LogP contribution in [0.2, 0.25) is 0 Å². The van der Waals surface area contributed by atoms with E-state index in [4.69, 9.17) is 0 Å². The highest BCUT2D eigenvalue weighted by Crippen LogP contribution is 2.29. The second kappa shape index (κ2) is 7.81. The first-order chi connectivity index (χ1) is 15.2. The third-order valence-electron chi connectivity index (χ3n) is 5.34. The number of carbonyl (C=O) groups excluding carboxylic acids is 1. The molecule has 3 aromatic rings. The first-order valence-corrected chi connectivity index (χ1v) is 10.0. The lowest BCUT2D eigenvalue weighted by Gasteiger charge is -2.15. The van der Waals surface area contributed by atoms with Crippen molar-refractivity contribution in [3.05, 3.63) is 91.1 Å². The Morgan fingerprint density at radius 1 is 0.938 bits per heavy atom. The number of benzene rings is 2. The predicted octanol–water partition coefficient (Wildman–Crippen LogP) is 2.96. The molecule has 8 heteroatoms. The van der Waals surface area contributed by atoms with Crippen LogP contribution in [0.15, 0.2) is 62.7 Å². The number of aryl methyl sites for hydroxylation is 3. The van der Waals surface area contributed by atoms with Crippen molar-refractivity contribution in [1.29, 1.82) is 0 Å². The summed E-state index contributed by atoms with van der Waals surface area (Å²) >= 11 is 0. The average molecular weight is 430 g/mol. The van der Waals surface area contributed by atoms with Crippen molar-refractivity contribution < 1.29 is 9.90 Å². The smallest absolute Gasteiger partial charge is 0.335 e. The summed E-state index contributed by atoms with van der Waals surface area (Å²) in [6.45, 7) is 7.38. The van der Waals surface area contributed by atoms with Crippen molar-refractivity contribution >= 4 is 23.4 Å². The molecule has 162 valence electrons. The molecule has 32 heavy (non-hydrogen) atoms. The molecule has 0 fully saturated rings. The standard InChI is InChI=1S/C24H22N4O4/c1-13-5-8-17(9-6-13)27-22(30)19(21(29)25-24(27)32)12-18-16(4)26-28(23(18)31)20-10-7-14(2)11-15(20)3/h5-12,30H,1-4H3,(H,25,29,32). The molecule has 0 spiro atoms. The van der Waals surface area contributed by atoms with Crippen LogP contribution in [0.25, 0.3) is 11.8 Å². The van der Waals surface area contributed by atoms with Crippen molar-refractivity contribution in [2.75, 3.05) is 5.01 Å². The fraction of sp³-hybridized carbons (Fsp3) is 0.167. The van der Waals surface area contributed by atoms with Crippen LogP contribution in [0.5, 0.6) is 5.88 Å². The molecular formula is C24H22N4O4. The Balaban J connectivity index is 1.82. The molecule has 1 amide bonds. The van der Waals surface area contributed by atoms with Gasteiger partial charge in [-0.15, -0.1) is 0 Å². The molecule has 0 atom stereocenters. The van der Waals surface area contributed by atoms with E-state index < -0.39 is 23.0 Å². The van der Waals surface area contributed by atoms with Crippen LogP contribution in [0.4, 0.5) is 5.69 Å². The number of carbonyl (C=O) groups is 1. The number of hydrogen-bond donors (Lipinski definition) is 2. The van der Waals surface area contributed by atoms with E-state index in [-0.39, 0.29) is 11.1 Å². The van der Waals surface area contributed by atoms with Gasteiger partial charge in [0, 0.05) is 0 Å². The summed E-state index contributed by atoms with van der Waals surface area (Å²) in [6.07, 6.45) is 1.27. The summed E-state index contributed by atoms with van der Waals surface area (Å²) in [4.78, 5) is 40.2. The van der Waals surface area contributed by atoms with Gasteiger partial charge in [-0.3, -0.25) is 14.6 Å². The molecule has 0 bridgehead atoms. The summed E-state index contributed by atoms with van der Waals surface area (Å²) in [5, 5.41) is 16.4. The van der Waals surface area contributed by atoms with E-state index in [1.54, 1.807) is 31.2 Å². The van der Waals surface area contributed by atoms with Gasteiger partial charge < -0.3 is 5.11 Å². The first kappa shape index (κ1) is 21.0. The maximum Gasteiger partial charge on any atom is 0.335 e. The van der Waals surface area contributed by atoms with Crippen LogP contribution < -0.4 is 16.3 Å². The fourth-order valence-corrected chi connectivity index (χ4v) is 3.64. The maximum atomic E-state index is 13.1. The number of aromatic hydroxyl groups is 1. The van der Waals surface area contributed by atoms with Crippen molar-refractivity contribution in [2.45, 2.75) is 27.7 Å². The van der Waals surface area contributed by atoms with Crippen molar-refractivity contribution in [3.63, 3.8) is 0 Å². The SMILES string of the molecule is CC1=NN(c2ccc(C)cc2C)C(=O)C1=Cc1c(O)n(-c2ccc(C)cc2)c(=O)[nH]c1=O. The monoisotopic (exact) mass is 430 g/mol. The molecule has 1 aliphatic rings. The number of nitrogens with one attached hydrogen (secondary N) is 1. The Labute approximate surface area is 183 Å². The van der Waals surface area contributed by atoms with Crippen LogP contribution in [-0.4, -0.2) is 26.3 Å². The van der Waals surface area contributed by atoms with E-state index in [1.165, 1.54) is 11.1 Å². The normalized spacial score (nSPS) is 14.9. The van der Waals surface area contributed by atoms with E-state index >= 15 is 0 Å². The van der Waals surface area contributed by atoms with Crippen LogP contribution in [0, 0.1) is 20.8 Å². The molecule has 0 saturated heterocycles. The molecule has 1 aliphatic heterocycles. The lowest BCUT2D eigenvalue weighted by molar-refractivity contribution is -0.114. The number of anilines is 1. The summed E-state index contributed by atoms with van der Waals surface area (Å²) in [5.41, 5.74) is 2.69. The largest absolute Gasteiger partial charge is 0.494 e. The summed E-state index contributed by atoms with van der Waals surface area (Å²) < 4.78 is 0.987. The molecule has 2 aromatic carbocycles. The number of aromatic amines is 1. The number of amides is 1. The molecule has 8 nitrogen and oxygen atoms in total. The molecule has 2 heterocycles. The minimum absolute atomic E-state index is 0.153. The third-order valence-corrected chi connectivity index (χ3v) is 5.34. The molecule has 0 aliphatic carbocycles. The Bertz CT molecular complexity index is 1430. The zero-order chi connectivity index (χ0) is 23.2. The van der Waals surface area contributed by atoms with Gasteiger partial charge in [-0.05, 0) is 57.5 Å². The second-order valence-corrected chi connectivity index (χ2v) is 7.82. The van der Waals surface area contributed by atoms with E-state index in [2.05, 4.69) is 10.1 Å². The van der Waals surface area contributed by atoms with Crippen LogP contribution >= 0.6 is 0 Å². The molecular weight excluding hydrogens is 408 g/mol. The molecule has 1 aromatic heterocycles. The first-order valence-electron chi connectivity index (χ1n) is 10.0. The quantitative estimate of drug-likeness (QED) is 0.623. The average Bonchev–Trinajstić information content (AvgIpc) is 3.00. The molecule has 4 rings (SSSR count). The minimum atomic E-state index is -0.797. The fourth-order valence-electron chi connectivity index (χ4n) is 3.64. The Kier molecular flexibility index (Phi) is 5.14. The Hall–Kier alpha value is -4.20. The molecule has 0 saturated carbocycles. The third kappa shape index (κ3) is 3.56. The molecule has 0 radical (unpaired) electrons. The highest BCUT2D eigenvalue weighted by atomic mass is 16.3. The van der Waals surface area contributed by atoms with Gasteiger partial charge in [0.2, 0.25) is 5.88 Å². The summed E-state index contributed by atoms with van der Waals surface area (Å²) in [5.74, 6) is -0.984. The predicted molar refractivity (Wildman–Crippen MR) is 124 cm³/mol. The van der Waals surface area contributed by atoms with Gasteiger partial charge in [0.25, 0.3) is 11.5 Å². The van der Waals surface area contributed by atoms with E-state index in [1.807, 2.05) is 39.0 Å². The number of aromatic nitrogens is 2. The lowest BCUT2D eigenvalue weighted by Crippen LogP contribution is -2.30. The summed E-state index contributed by atoms with van der Waals surface area (Å²) in [7, 11) is 0. The van der Waals surface area contributed by atoms with Gasteiger partial charge in [-0.2, -0.15) is 10.1 Å². The topological polar surface area (TPSA) is 108 Å². The Morgan fingerprint density at radius 2 is 1.59 bits per heavy atom. The maximum absolute atomic E-state index is 13.1. The second-order valence-electron chi connectivity index (χ2n) is 7.82. The van der Waals surface area contributed by atoms with Crippen molar-refractivity contribution in [3.8, 4) is 11.6 Å². The zero-order valence-electron chi connectivity index (χ0n) is 18.1. The van der Waals surface area contributed by atoms with Crippen molar-refractivity contribution in [2.24, 2.45) is 5.10 Å². The zero-order valence-corrected chi connectivity index (χ0v) is 18.1. The lowest BCUT2D eigenvalue weighted by atomic mass is 10.1. The number of H-pyrrole nitrogens is 1. The van der Waals surface area contributed by atoms with Gasteiger partial charge in [0.05, 0.1) is 22.7 Å². The van der Waals surface area contributed by atoms with E-state index in [9.17, 15) is 19.5 Å². The van der Waals surface area contributed by atoms with Gasteiger partial charge in [-0.25, -0.2) is 9.36 Å². The van der Waals surface area contributed by atoms with E-state index in [0.29, 0.717) is 17.1 Å². The van der Waals surface area contributed by atoms with Gasteiger partial charge in [0.15, 0.2) is 0 Å². The van der Waals surface area contributed by atoms with Gasteiger partial charge >= 0.3 is 5.69 Å². The number of rotatable bonds is 3. The number of nitrogens with zero attached hydrogens (tertiary/aromatic N) is 3. The molecule has 2 N–H and O–H groups in total. The van der Waals surface area contributed by atoms with Gasteiger partial charge in [0.1, 0.15) is 5.56 Å². The highest BCUT2D eigenvalue weighted by Gasteiger charge is 2.30. The van der Waals surface area contributed by atoms with Crippen LogP contribution in [0.3, 0.4) is 0 Å². The highest BCUT2D eigenvalue weighted by molar-refractivity contribution is 6.32. The summed E-state index contributed by atoms with van der Waals surface area (Å²) in [6, 6.07) is 12.5. The van der Waals surface area contributed by atoms with Gasteiger partial charge in [-0.1, -0.05) is 35.4 Å². The van der Waals surface area contributed by atoms with E-state index in [0.717, 1.165) is 21.3 Å². The number of hydrazone groups is 1. The molecule has 0 unspecified atom stereocenters. The number of hydrogen-bond acceptors (Lipinski definition) is 5. The van der Waals surface area contributed by atoms with Crippen LogP contribution in [0.1, 0.15) is 29.2 Å². The minimum Gasteiger partial charge on any atom is -0.494 e. The van der Waals surface area contributed by atoms with Crippen LogP contribution in [-0.2, 0) is 4.79 Å². The Morgan fingerprint density at radius 3 is 2.25 bits per heavy atom.